The first kappa shape index (κ1) is 29.3. The number of halogens is 2. The molecule has 0 spiro atoms. The lowest BCUT2D eigenvalue weighted by molar-refractivity contribution is -0.139. The number of benzene rings is 3. The van der Waals surface area contributed by atoms with Crippen molar-refractivity contribution >= 4 is 43.5 Å². The highest BCUT2D eigenvalue weighted by molar-refractivity contribution is 9.10. The minimum absolute atomic E-state index is 0.0129. The van der Waals surface area contributed by atoms with Gasteiger partial charge in [0.15, 0.2) is 0 Å². The van der Waals surface area contributed by atoms with Crippen LogP contribution >= 0.6 is 15.9 Å². The molecule has 0 aliphatic carbocycles. The van der Waals surface area contributed by atoms with Crippen LogP contribution in [0.15, 0.2) is 88.2 Å². The minimum atomic E-state index is -4.18. The van der Waals surface area contributed by atoms with Crippen molar-refractivity contribution < 1.29 is 22.4 Å². The summed E-state index contributed by atoms with van der Waals surface area (Å²) < 4.78 is 42.7. The highest BCUT2D eigenvalue weighted by Gasteiger charge is 2.32. The second-order valence-electron chi connectivity index (χ2n) is 8.77. The number of hydrogen-bond donors (Lipinski definition) is 1. The number of unbranched alkanes of at least 4 members (excludes halogenated alkanes) is 1. The van der Waals surface area contributed by atoms with Gasteiger partial charge in [-0.15, -0.1) is 0 Å². The van der Waals surface area contributed by atoms with Crippen molar-refractivity contribution in [2.75, 3.05) is 17.4 Å². The number of nitrogens with one attached hydrogen (secondary N) is 1. The van der Waals surface area contributed by atoms with Gasteiger partial charge >= 0.3 is 0 Å². The molecule has 0 unspecified atom stereocenters. The van der Waals surface area contributed by atoms with E-state index in [9.17, 15) is 22.4 Å². The quantitative estimate of drug-likeness (QED) is 0.291. The Morgan fingerprint density at radius 1 is 1.00 bits per heavy atom. The number of carbonyl (C=O) groups excluding carboxylic acids is 2. The van der Waals surface area contributed by atoms with E-state index in [1.54, 1.807) is 25.1 Å². The molecule has 0 saturated carbocycles. The summed E-state index contributed by atoms with van der Waals surface area (Å²) in [6.07, 6.45) is 1.70. The molecular weight excluding hydrogens is 573 g/mol. The second-order valence-corrected chi connectivity index (χ2v) is 11.6. The fourth-order valence-corrected chi connectivity index (χ4v) is 5.69. The van der Waals surface area contributed by atoms with Crippen LogP contribution in [0.5, 0.6) is 0 Å². The van der Waals surface area contributed by atoms with Crippen molar-refractivity contribution in [1.82, 2.24) is 10.2 Å². The van der Waals surface area contributed by atoms with Crippen LogP contribution in [0.3, 0.4) is 0 Å². The van der Waals surface area contributed by atoms with E-state index < -0.39 is 34.3 Å². The maximum atomic E-state index is 13.8. The van der Waals surface area contributed by atoms with Crippen molar-refractivity contribution in [2.45, 2.75) is 44.2 Å². The summed E-state index contributed by atoms with van der Waals surface area (Å²) in [6.45, 7) is 3.61. The van der Waals surface area contributed by atoms with Crippen molar-refractivity contribution in [3.8, 4) is 0 Å². The third kappa shape index (κ3) is 7.64. The molecule has 10 heteroatoms. The highest BCUT2D eigenvalue weighted by Crippen LogP contribution is 2.25. The lowest BCUT2D eigenvalue weighted by Crippen LogP contribution is -2.51. The van der Waals surface area contributed by atoms with Crippen LogP contribution in [0.2, 0.25) is 0 Å². The maximum absolute atomic E-state index is 13.8. The smallest absolute Gasteiger partial charge is 0.264 e. The van der Waals surface area contributed by atoms with E-state index in [1.807, 2.05) is 31.2 Å². The zero-order valence-electron chi connectivity index (χ0n) is 21.3. The monoisotopic (exact) mass is 603 g/mol. The summed E-state index contributed by atoms with van der Waals surface area (Å²) >= 11 is 3.42. The molecule has 3 aromatic carbocycles. The SMILES string of the molecule is CCCCNC(=O)[C@H](C)N(Cc1cccc(Br)c1)C(=O)CN(c1ccc(F)cc1)S(=O)(=O)c1ccccc1. The molecule has 0 saturated heterocycles. The van der Waals surface area contributed by atoms with Crippen LogP contribution < -0.4 is 9.62 Å². The average molecular weight is 605 g/mol. The average Bonchev–Trinajstić information content (AvgIpc) is 2.91. The summed E-state index contributed by atoms with van der Waals surface area (Å²) in [7, 11) is -4.18. The number of hydrogen-bond acceptors (Lipinski definition) is 4. The van der Waals surface area contributed by atoms with Gasteiger partial charge in [0, 0.05) is 17.6 Å². The summed E-state index contributed by atoms with van der Waals surface area (Å²) in [4.78, 5) is 28.1. The van der Waals surface area contributed by atoms with Crippen molar-refractivity contribution in [3.05, 3.63) is 94.7 Å². The van der Waals surface area contributed by atoms with E-state index in [1.165, 1.54) is 29.2 Å². The van der Waals surface area contributed by atoms with Crippen LogP contribution in [-0.2, 0) is 26.2 Å². The van der Waals surface area contributed by atoms with Gasteiger partial charge in [-0.1, -0.05) is 59.6 Å². The maximum Gasteiger partial charge on any atom is 0.264 e. The van der Waals surface area contributed by atoms with E-state index in [0.717, 1.165) is 39.3 Å². The molecule has 0 radical (unpaired) electrons. The Hall–Kier alpha value is -3.24. The standard InChI is InChI=1S/C28H31BrFN3O4S/c1-3-4-17-31-28(35)21(2)32(19-22-9-8-10-23(29)18-22)27(34)20-33(25-15-13-24(30)14-16-25)38(36,37)26-11-6-5-7-12-26/h5-16,18,21H,3-4,17,19-20H2,1-2H3,(H,31,35)/t21-/m0/s1. The third-order valence-corrected chi connectivity index (χ3v) is 8.24. The van der Waals surface area contributed by atoms with Gasteiger partial charge in [-0.05, 0) is 67.4 Å². The van der Waals surface area contributed by atoms with Gasteiger partial charge in [-0.25, -0.2) is 12.8 Å². The van der Waals surface area contributed by atoms with Gasteiger partial charge < -0.3 is 10.2 Å². The second kappa shape index (κ2) is 13.5. The fourth-order valence-electron chi connectivity index (χ4n) is 3.81. The van der Waals surface area contributed by atoms with Gasteiger partial charge in [0.2, 0.25) is 11.8 Å². The van der Waals surface area contributed by atoms with E-state index in [4.69, 9.17) is 0 Å². The van der Waals surface area contributed by atoms with Crippen LogP contribution in [0.25, 0.3) is 0 Å². The van der Waals surface area contributed by atoms with Crippen LogP contribution in [0.4, 0.5) is 10.1 Å². The van der Waals surface area contributed by atoms with E-state index in [2.05, 4.69) is 21.2 Å². The van der Waals surface area contributed by atoms with Gasteiger partial charge in [0.05, 0.1) is 10.6 Å². The number of anilines is 1. The molecule has 1 N–H and O–H groups in total. The first-order valence-electron chi connectivity index (χ1n) is 12.3. The predicted molar refractivity (Wildman–Crippen MR) is 149 cm³/mol. The predicted octanol–water partition coefficient (Wildman–Crippen LogP) is 5.12. The van der Waals surface area contributed by atoms with Crippen LogP contribution in [0.1, 0.15) is 32.3 Å². The Morgan fingerprint density at radius 2 is 1.68 bits per heavy atom. The lowest BCUT2D eigenvalue weighted by Gasteiger charge is -2.32. The van der Waals surface area contributed by atoms with Gasteiger partial charge in [-0.3, -0.25) is 13.9 Å². The Kier molecular flexibility index (Phi) is 10.4. The molecule has 3 rings (SSSR count). The van der Waals surface area contributed by atoms with Gasteiger partial charge in [0.1, 0.15) is 18.4 Å². The van der Waals surface area contributed by atoms with Crippen molar-refractivity contribution in [3.63, 3.8) is 0 Å². The first-order chi connectivity index (χ1) is 18.1. The molecule has 0 aliphatic heterocycles. The Morgan fingerprint density at radius 3 is 2.32 bits per heavy atom. The van der Waals surface area contributed by atoms with Gasteiger partial charge in [-0.2, -0.15) is 0 Å². The van der Waals surface area contributed by atoms with Crippen LogP contribution in [0, 0.1) is 5.82 Å². The van der Waals surface area contributed by atoms with E-state index >= 15 is 0 Å². The summed E-state index contributed by atoms with van der Waals surface area (Å²) in [5.74, 6) is -1.45. The normalized spacial score (nSPS) is 12.0. The number of sulfonamides is 1. The molecule has 3 aromatic rings. The molecule has 0 fully saturated rings. The van der Waals surface area contributed by atoms with Crippen LogP contribution in [-0.4, -0.2) is 44.3 Å². The molecule has 38 heavy (non-hydrogen) atoms. The highest BCUT2D eigenvalue weighted by atomic mass is 79.9. The lowest BCUT2D eigenvalue weighted by atomic mass is 10.1. The molecule has 2 amide bonds. The molecule has 1 atom stereocenters. The Bertz CT molecular complexity index is 1340. The number of amides is 2. The first-order valence-corrected chi connectivity index (χ1v) is 14.5. The van der Waals surface area contributed by atoms with Crippen molar-refractivity contribution in [1.29, 1.82) is 0 Å². The molecule has 0 heterocycles. The molecule has 7 nitrogen and oxygen atoms in total. The fraction of sp³-hybridized carbons (Fsp3) is 0.286. The molecule has 0 aliphatic rings. The molecular formula is C28H31BrFN3O4S. The topological polar surface area (TPSA) is 86.8 Å². The number of nitrogens with zero attached hydrogens (tertiary/aromatic N) is 2. The largest absolute Gasteiger partial charge is 0.354 e. The number of carbonyl (C=O) groups is 2. The number of rotatable bonds is 12. The zero-order chi connectivity index (χ0) is 27.7. The summed E-state index contributed by atoms with van der Waals surface area (Å²) in [6, 6.07) is 19.1. The van der Waals surface area contributed by atoms with Crippen molar-refractivity contribution in [2.24, 2.45) is 0 Å². The Balaban J connectivity index is 1.98. The molecule has 0 bridgehead atoms. The zero-order valence-corrected chi connectivity index (χ0v) is 23.7. The van der Waals surface area contributed by atoms with E-state index in [0.29, 0.717) is 6.54 Å². The summed E-state index contributed by atoms with van der Waals surface area (Å²) in [5, 5.41) is 2.85. The minimum Gasteiger partial charge on any atom is -0.354 e. The Labute approximate surface area is 231 Å². The summed E-state index contributed by atoms with van der Waals surface area (Å²) in [5.41, 5.74) is 0.895. The molecule has 202 valence electrons. The van der Waals surface area contributed by atoms with Gasteiger partial charge in [0.25, 0.3) is 10.0 Å². The van der Waals surface area contributed by atoms with E-state index in [-0.39, 0.29) is 23.0 Å². The third-order valence-electron chi connectivity index (χ3n) is 5.96. The molecule has 0 aromatic heterocycles.